The Hall–Kier alpha value is -4.01. The van der Waals surface area contributed by atoms with Crippen LogP contribution in [-0.4, -0.2) is 52.2 Å². The standard InChI is InChI=1S/C28H35N3O6/c1-5-18(2)23(25(34)31-28(3,4)27(36)37)30-26(35)24(33)21(16-19-12-8-6-9-13-19)29-22(32)17-20-14-10-7-11-15-20/h6-15,18,21,23H,5,16-17H2,1-4H3,(H,29,32)(H,30,35)(H,31,34)(H,36,37). The SMILES string of the molecule is CCC(C)C(NC(=O)C(=O)C(Cc1ccccc1)NC(=O)Cc1ccccc1)C(=O)NC(C)(C)C(=O)O. The van der Waals surface area contributed by atoms with Crippen molar-refractivity contribution < 1.29 is 29.1 Å². The van der Waals surface area contributed by atoms with Crippen molar-refractivity contribution in [3.05, 3.63) is 71.8 Å². The van der Waals surface area contributed by atoms with Gasteiger partial charge >= 0.3 is 5.97 Å². The van der Waals surface area contributed by atoms with Crippen molar-refractivity contribution in [1.82, 2.24) is 16.0 Å². The maximum atomic E-state index is 13.2. The number of hydrogen-bond acceptors (Lipinski definition) is 5. The molecule has 4 N–H and O–H groups in total. The first-order valence-corrected chi connectivity index (χ1v) is 12.2. The van der Waals surface area contributed by atoms with Crippen molar-refractivity contribution in [3.8, 4) is 0 Å². The Labute approximate surface area is 217 Å². The van der Waals surface area contributed by atoms with E-state index >= 15 is 0 Å². The molecule has 0 heterocycles. The molecule has 3 amide bonds. The predicted octanol–water partition coefficient (Wildman–Crippen LogP) is 2.04. The normalized spacial score (nSPS) is 13.5. The first kappa shape index (κ1) is 29.2. The van der Waals surface area contributed by atoms with Crippen molar-refractivity contribution >= 4 is 29.5 Å². The summed E-state index contributed by atoms with van der Waals surface area (Å²) in [6.45, 7) is 6.17. The van der Waals surface area contributed by atoms with Gasteiger partial charge in [0.2, 0.25) is 17.6 Å². The number of carbonyl (C=O) groups excluding carboxylic acids is 4. The number of nitrogens with one attached hydrogen (secondary N) is 3. The van der Waals surface area contributed by atoms with Crippen LogP contribution >= 0.6 is 0 Å². The molecule has 0 aliphatic heterocycles. The van der Waals surface area contributed by atoms with Crippen LogP contribution in [0.4, 0.5) is 0 Å². The van der Waals surface area contributed by atoms with Gasteiger partial charge < -0.3 is 21.1 Å². The molecular weight excluding hydrogens is 474 g/mol. The lowest BCUT2D eigenvalue weighted by Gasteiger charge is -2.28. The maximum Gasteiger partial charge on any atom is 0.328 e. The number of hydrogen-bond donors (Lipinski definition) is 4. The van der Waals surface area contributed by atoms with Gasteiger partial charge in [0.1, 0.15) is 17.6 Å². The van der Waals surface area contributed by atoms with E-state index in [2.05, 4.69) is 16.0 Å². The van der Waals surface area contributed by atoms with Crippen LogP contribution < -0.4 is 16.0 Å². The molecule has 0 aliphatic rings. The molecule has 0 saturated heterocycles. The Morgan fingerprint density at radius 1 is 0.865 bits per heavy atom. The molecule has 0 fully saturated rings. The van der Waals surface area contributed by atoms with E-state index < -0.39 is 47.1 Å². The third kappa shape index (κ3) is 8.86. The molecule has 0 saturated carbocycles. The van der Waals surface area contributed by atoms with Crippen LogP contribution in [0.3, 0.4) is 0 Å². The van der Waals surface area contributed by atoms with Crippen LogP contribution in [-0.2, 0) is 36.8 Å². The average Bonchev–Trinajstić information content (AvgIpc) is 2.86. The Balaban J connectivity index is 2.22. The molecule has 198 valence electrons. The number of rotatable bonds is 13. The minimum Gasteiger partial charge on any atom is -0.480 e. The van der Waals surface area contributed by atoms with Gasteiger partial charge in [0.25, 0.3) is 5.91 Å². The summed E-state index contributed by atoms with van der Waals surface area (Å²) in [6, 6.07) is 15.7. The number of amides is 3. The smallest absolute Gasteiger partial charge is 0.328 e. The fraction of sp³-hybridized carbons (Fsp3) is 0.393. The van der Waals surface area contributed by atoms with Crippen LogP contribution in [0, 0.1) is 5.92 Å². The van der Waals surface area contributed by atoms with E-state index in [1.807, 2.05) is 19.1 Å². The Kier molecular flexibility index (Phi) is 10.5. The molecule has 3 atom stereocenters. The summed E-state index contributed by atoms with van der Waals surface area (Å²) in [5.74, 6) is -4.70. The lowest BCUT2D eigenvalue weighted by molar-refractivity contribution is -0.147. The van der Waals surface area contributed by atoms with E-state index in [4.69, 9.17) is 0 Å². The molecule has 9 heteroatoms. The monoisotopic (exact) mass is 509 g/mol. The minimum absolute atomic E-state index is 0.0310. The molecule has 0 bridgehead atoms. The molecule has 0 aliphatic carbocycles. The summed E-state index contributed by atoms with van der Waals surface area (Å²) in [5, 5.41) is 16.9. The van der Waals surface area contributed by atoms with E-state index in [0.717, 1.165) is 11.1 Å². The minimum atomic E-state index is -1.57. The molecule has 2 rings (SSSR count). The lowest BCUT2D eigenvalue weighted by atomic mass is 9.95. The molecule has 0 aromatic heterocycles. The topological polar surface area (TPSA) is 142 Å². The van der Waals surface area contributed by atoms with Crippen molar-refractivity contribution in [1.29, 1.82) is 0 Å². The highest BCUT2D eigenvalue weighted by Gasteiger charge is 2.36. The molecule has 0 radical (unpaired) electrons. The number of carbonyl (C=O) groups is 5. The maximum absolute atomic E-state index is 13.2. The van der Waals surface area contributed by atoms with E-state index in [1.54, 1.807) is 55.5 Å². The summed E-state index contributed by atoms with van der Waals surface area (Å²) in [4.78, 5) is 63.4. The second-order valence-corrected chi connectivity index (χ2v) is 9.59. The van der Waals surface area contributed by atoms with E-state index in [-0.39, 0.29) is 18.8 Å². The van der Waals surface area contributed by atoms with Crippen LogP contribution in [0.25, 0.3) is 0 Å². The van der Waals surface area contributed by atoms with Crippen LogP contribution in [0.15, 0.2) is 60.7 Å². The number of Topliss-reactive ketones (excluding diaryl/α,β-unsaturated/α-hetero) is 1. The van der Waals surface area contributed by atoms with Gasteiger partial charge in [-0.2, -0.15) is 0 Å². The highest BCUT2D eigenvalue weighted by molar-refractivity contribution is 6.38. The lowest BCUT2D eigenvalue weighted by Crippen LogP contribution is -2.60. The zero-order valence-electron chi connectivity index (χ0n) is 21.6. The van der Waals surface area contributed by atoms with Crippen molar-refractivity contribution in [2.24, 2.45) is 5.92 Å². The molecule has 37 heavy (non-hydrogen) atoms. The van der Waals surface area contributed by atoms with E-state index in [1.165, 1.54) is 13.8 Å². The quantitative estimate of drug-likeness (QED) is 0.305. The molecule has 9 nitrogen and oxygen atoms in total. The summed E-state index contributed by atoms with van der Waals surface area (Å²) in [7, 11) is 0. The number of ketones is 1. The predicted molar refractivity (Wildman–Crippen MR) is 138 cm³/mol. The summed E-state index contributed by atoms with van der Waals surface area (Å²) >= 11 is 0. The van der Waals surface area contributed by atoms with Gasteiger partial charge in [-0.3, -0.25) is 19.2 Å². The zero-order chi connectivity index (χ0) is 27.6. The van der Waals surface area contributed by atoms with Crippen molar-refractivity contribution in [2.75, 3.05) is 0 Å². The third-order valence-corrected chi connectivity index (χ3v) is 6.12. The average molecular weight is 510 g/mol. The highest BCUT2D eigenvalue weighted by Crippen LogP contribution is 2.12. The Bertz CT molecular complexity index is 1100. The van der Waals surface area contributed by atoms with Gasteiger partial charge in [-0.1, -0.05) is 80.9 Å². The fourth-order valence-corrected chi connectivity index (χ4v) is 3.60. The van der Waals surface area contributed by atoms with Crippen molar-refractivity contribution in [2.45, 2.75) is 64.6 Å². The number of benzene rings is 2. The Morgan fingerprint density at radius 2 is 1.41 bits per heavy atom. The zero-order valence-corrected chi connectivity index (χ0v) is 21.6. The first-order valence-electron chi connectivity index (χ1n) is 12.2. The number of carboxylic acid groups (broad SMARTS) is 1. The second-order valence-electron chi connectivity index (χ2n) is 9.59. The Morgan fingerprint density at radius 3 is 1.92 bits per heavy atom. The van der Waals surface area contributed by atoms with E-state index in [0.29, 0.717) is 6.42 Å². The second kappa shape index (κ2) is 13.3. The third-order valence-electron chi connectivity index (χ3n) is 6.12. The van der Waals surface area contributed by atoms with Gasteiger partial charge in [-0.25, -0.2) is 4.79 Å². The fourth-order valence-electron chi connectivity index (χ4n) is 3.60. The van der Waals surface area contributed by atoms with Crippen LogP contribution in [0.1, 0.15) is 45.2 Å². The van der Waals surface area contributed by atoms with Gasteiger partial charge in [-0.05, 0) is 30.9 Å². The molecule has 2 aromatic carbocycles. The molecular formula is C28H35N3O6. The number of aliphatic carboxylic acids is 1. The molecule has 0 spiro atoms. The van der Waals surface area contributed by atoms with E-state index in [9.17, 15) is 29.1 Å². The van der Waals surface area contributed by atoms with Crippen LogP contribution in [0.2, 0.25) is 0 Å². The summed E-state index contributed by atoms with van der Waals surface area (Å²) in [5.41, 5.74) is -0.0725. The van der Waals surface area contributed by atoms with Crippen LogP contribution in [0.5, 0.6) is 0 Å². The van der Waals surface area contributed by atoms with Gasteiger partial charge in [0, 0.05) is 6.42 Å². The molecule has 3 unspecified atom stereocenters. The van der Waals surface area contributed by atoms with Gasteiger partial charge in [0.15, 0.2) is 0 Å². The number of carboxylic acids is 1. The highest BCUT2D eigenvalue weighted by atomic mass is 16.4. The summed E-state index contributed by atoms with van der Waals surface area (Å²) in [6.07, 6.45) is 0.602. The van der Waals surface area contributed by atoms with Gasteiger partial charge in [-0.15, -0.1) is 0 Å². The summed E-state index contributed by atoms with van der Waals surface area (Å²) < 4.78 is 0. The van der Waals surface area contributed by atoms with Crippen molar-refractivity contribution in [3.63, 3.8) is 0 Å². The van der Waals surface area contributed by atoms with Gasteiger partial charge in [0.05, 0.1) is 6.42 Å². The first-order chi connectivity index (χ1) is 17.4. The largest absolute Gasteiger partial charge is 0.480 e. The molecule has 2 aromatic rings.